The lowest BCUT2D eigenvalue weighted by atomic mass is 10.0. The van der Waals surface area contributed by atoms with Gasteiger partial charge in [0.2, 0.25) is 0 Å². The molecular formula is C17H14F3NO2. The monoisotopic (exact) mass is 321 g/mol. The molecule has 1 aliphatic heterocycles. The maximum Gasteiger partial charge on any atom is 0.573 e. The SMILES string of the molecule is COc1cccc2c1N(c1ccc(OC(F)(F)F)cc1)C=CC2. The van der Waals surface area contributed by atoms with Gasteiger partial charge in [0.05, 0.1) is 12.8 Å². The van der Waals surface area contributed by atoms with Gasteiger partial charge in [-0.3, -0.25) is 0 Å². The number of allylic oxidation sites excluding steroid dienone is 1. The van der Waals surface area contributed by atoms with Crippen LogP contribution < -0.4 is 14.4 Å². The van der Waals surface area contributed by atoms with E-state index in [1.165, 1.54) is 12.1 Å². The number of alkyl halides is 3. The molecule has 0 unspecified atom stereocenters. The maximum absolute atomic E-state index is 12.2. The number of hydrogen-bond acceptors (Lipinski definition) is 3. The second-order valence-corrected chi connectivity index (χ2v) is 4.97. The molecule has 120 valence electrons. The van der Waals surface area contributed by atoms with E-state index in [0.717, 1.165) is 23.4 Å². The van der Waals surface area contributed by atoms with Crippen molar-refractivity contribution in [3.05, 3.63) is 60.3 Å². The van der Waals surface area contributed by atoms with Gasteiger partial charge in [-0.2, -0.15) is 0 Å². The zero-order valence-corrected chi connectivity index (χ0v) is 12.3. The van der Waals surface area contributed by atoms with Crippen LogP contribution in [0.1, 0.15) is 5.56 Å². The van der Waals surface area contributed by atoms with Crippen LogP contribution in [-0.4, -0.2) is 13.5 Å². The van der Waals surface area contributed by atoms with Gasteiger partial charge in [-0.1, -0.05) is 18.2 Å². The Morgan fingerprint density at radius 2 is 1.78 bits per heavy atom. The van der Waals surface area contributed by atoms with Crippen molar-refractivity contribution in [1.82, 2.24) is 0 Å². The third-order valence-corrected chi connectivity index (χ3v) is 3.48. The van der Waals surface area contributed by atoms with Crippen molar-refractivity contribution in [3.63, 3.8) is 0 Å². The number of benzene rings is 2. The molecule has 23 heavy (non-hydrogen) atoms. The molecule has 0 fully saturated rings. The van der Waals surface area contributed by atoms with E-state index >= 15 is 0 Å². The Morgan fingerprint density at radius 3 is 2.43 bits per heavy atom. The van der Waals surface area contributed by atoms with Crippen LogP contribution in [0.2, 0.25) is 0 Å². The van der Waals surface area contributed by atoms with Crippen molar-refractivity contribution >= 4 is 11.4 Å². The second kappa shape index (κ2) is 5.87. The lowest BCUT2D eigenvalue weighted by Gasteiger charge is -2.28. The first-order valence-electron chi connectivity index (χ1n) is 6.95. The van der Waals surface area contributed by atoms with E-state index in [4.69, 9.17) is 4.74 Å². The number of ether oxygens (including phenoxy) is 2. The lowest BCUT2D eigenvalue weighted by molar-refractivity contribution is -0.274. The molecular weight excluding hydrogens is 307 g/mol. The van der Waals surface area contributed by atoms with Gasteiger partial charge in [-0.25, -0.2) is 0 Å². The van der Waals surface area contributed by atoms with Crippen LogP contribution in [-0.2, 0) is 6.42 Å². The third kappa shape index (κ3) is 3.26. The Kier molecular flexibility index (Phi) is 3.90. The van der Waals surface area contributed by atoms with Crippen LogP contribution in [0.25, 0.3) is 0 Å². The molecule has 0 aliphatic carbocycles. The largest absolute Gasteiger partial charge is 0.573 e. The van der Waals surface area contributed by atoms with E-state index < -0.39 is 6.36 Å². The van der Waals surface area contributed by atoms with Gasteiger partial charge in [-0.15, -0.1) is 13.2 Å². The molecule has 6 heteroatoms. The maximum atomic E-state index is 12.2. The molecule has 0 bridgehead atoms. The zero-order valence-electron chi connectivity index (χ0n) is 12.3. The van der Waals surface area contributed by atoms with Crippen molar-refractivity contribution < 1.29 is 22.6 Å². The first-order valence-corrected chi connectivity index (χ1v) is 6.95. The Bertz CT molecular complexity index is 724. The molecule has 0 radical (unpaired) electrons. The fourth-order valence-corrected chi connectivity index (χ4v) is 2.55. The van der Waals surface area contributed by atoms with Gasteiger partial charge in [0.1, 0.15) is 11.5 Å². The normalized spacial score (nSPS) is 13.7. The molecule has 1 aliphatic rings. The fraction of sp³-hybridized carbons (Fsp3) is 0.176. The molecule has 3 rings (SSSR count). The minimum Gasteiger partial charge on any atom is -0.495 e. The molecule has 0 spiro atoms. The highest BCUT2D eigenvalue weighted by Gasteiger charge is 2.31. The molecule has 3 nitrogen and oxygen atoms in total. The number of para-hydroxylation sites is 1. The number of anilines is 2. The molecule has 0 saturated carbocycles. The van der Waals surface area contributed by atoms with Crippen molar-refractivity contribution in [2.45, 2.75) is 12.8 Å². The number of methoxy groups -OCH3 is 1. The summed E-state index contributed by atoms with van der Waals surface area (Å²) in [6.07, 6.45) is -0.0486. The summed E-state index contributed by atoms with van der Waals surface area (Å²) in [5, 5.41) is 0. The van der Waals surface area contributed by atoms with E-state index in [1.807, 2.05) is 35.4 Å². The van der Waals surface area contributed by atoms with Crippen molar-refractivity contribution in [2.75, 3.05) is 12.0 Å². The molecule has 2 aromatic rings. The van der Waals surface area contributed by atoms with Gasteiger partial charge >= 0.3 is 6.36 Å². The minimum absolute atomic E-state index is 0.248. The Morgan fingerprint density at radius 1 is 1.04 bits per heavy atom. The Labute approximate surface area is 131 Å². The summed E-state index contributed by atoms with van der Waals surface area (Å²) in [7, 11) is 1.59. The molecule has 1 heterocycles. The quantitative estimate of drug-likeness (QED) is 0.810. The first kappa shape index (κ1) is 15.3. The highest BCUT2D eigenvalue weighted by atomic mass is 19.4. The van der Waals surface area contributed by atoms with Gasteiger partial charge in [0.25, 0.3) is 0 Å². The fourth-order valence-electron chi connectivity index (χ4n) is 2.55. The molecule has 0 saturated heterocycles. The standard InChI is InChI=1S/C17H14F3NO2/c1-22-15-6-2-4-12-5-3-11-21(16(12)15)13-7-9-14(10-8-13)23-17(18,19)20/h2-4,6-11H,5H2,1H3. The van der Waals surface area contributed by atoms with Crippen LogP contribution >= 0.6 is 0 Å². The smallest absolute Gasteiger partial charge is 0.495 e. The average molecular weight is 321 g/mol. The summed E-state index contributed by atoms with van der Waals surface area (Å²) in [4.78, 5) is 1.88. The van der Waals surface area contributed by atoms with Gasteiger partial charge in [-0.05, 0) is 42.3 Å². The van der Waals surface area contributed by atoms with Crippen molar-refractivity contribution in [1.29, 1.82) is 0 Å². The van der Waals surface area contributed by atoms with Gasteiger partial charge < -0.3 is 14.4 Å². The lowest BCUT2D eigenvalue weighted by Crippen LogP contribution is -2.17. The van der Waals surface area contributed by atoms with E-state index in [2.05, 4.69) is 4.74 Å². The number of fused-ring (bicyclic) bond motifs is 1. The summed E-state index contributed by atoms with van der Waals surface area (Å²) in [6.45, 7) is 0. The van der Waals surface area contributed by atoms with E-state index in [9.17, 15) is 13.2 Å². The zero-order chi connectivity index (χ0) is 16.4. The van der Waals surface area contributed by atoms with Gasteiger partial charge in [0.15, 0.2) is 0 Å². The van der Waals surface area contributed by atoms with Crippen molar-refractivity contribution in [3.8, 4) is 11.5 Å². The Hall–Kier alpha value is -2.63. The predicted octanol–water partition coefficient (Wildman–Crippen LogP) is 4.80. The molecule has 0 atom stereocenters. The Balaban J connectivity index is 1.94. The summed E-state index contributed by atoms with van der Waals surface area (Å²) in [5.74, 6) is 0.463. The average Bonchev–Trinajstić information content (AvgIpc) is 2.53. The molecule has 0 N–H and O–H groups in total. The minimum atomic E-state index is -4.69. The van der Waals surface area contributed by atoms with Crippen LogP contribution in [0.5, 0.6) is 11.5 Å². The van der Waals surface area contributed by atoms with E-state index in [0.29, 0.717) is 5.75 Å². The van der Waals surface area contributed by atoms with Crippen LogP contribution in [0.15, 0.2) is 54.7 Å². The molecule has 2 aromatic carbocycles. The summed E-state index contributed by atoms with van der Waals surface area (Å²) >= 11 is 0. The van der Waals surface area contributed by atoms with E-state index in [-0.39, 0.29) is 5.75 Å². The number of nitrogens with zero attached hydrogens (tertiary/aromatic N) is 1. The highest BCUT2D eigenvalue weighted by Crippen LogP contribution is 2.40. The molecule has 0 amide bonds. The number of halogens is 3. The summed E-state index contributed by atoms with van der Waals surface area (Å²) < 4.78 is 46.0. The number of rotatable bonds is 3. The van der Waals surface area contributed by atoms with Gasteiger partial charge in [0, 0.05) is 11.9 Å². The van der Waals surface area contributed by atoms with Crippen LogP contribution in [0, 0.1) is 0 Å². The van der Waals surface area contributed by atoms with E-state index in [1.54, 1.807) is 19.2 Å². The molecule has 0 aromatic heterocycles. The second-order valence-electron chi connectivity index (χ2n) is 4.97. The van der Waals surface area contributed by atoms with Crippen molar-refractivity contribution in [2.24, 2.45) is 0 Å². The third-order valence-electron chi connectivity index (χ3n) is 3.48. The topological polar surface area (TPSA) is 21.7 Å². The van der Waals surface area contributed by atoms with Crippen LogP contribution in [0.3, 0.4) is 0 Å². The highest BCUT2D eigenvalue weighted by molar-refractivity contribution is 5.76. The summed E-state index contributed by atoms with van der Waals surface area (Å²) in [6, 6.07) is 11.5. The number of hydrogen-bond donors (Lipinski definition) is 0. The summed E-state index contributed by atoms with van der Waals surface area (Å²) in [5.41, 5.74) is 2.70. The first-order chi connectivity index (χ1) is 11.0. The predicted molar refractivity (Wildman–Crippen MR) is 81.1 cm³/mol. The van der Waals surface area contributed by atoms with Crippen LogP contribution in [0.4, 0.5) is 24.5 Å².